The molecule has 0 bridgehead atoms. The Bertz CT molecular complexity index is 1260. The molecule has 198 valence electrons. The highest BCUT2D eigenvalue weighted by Gasteiger charge is 2.30. The number of carboxylic acid groups (broad SMARTS) is 1. The third-order valence-corrected chi connectivity index (χ3v) is 8.21. The molecule has 0 unspecified atom stereocenters. The topological polar surface area (TPSA) is 57.9 Å². The first-order valence-electron chi connectivity index (χ1n) is 13.8. The number of carbonyl (C=O) groups is 1. The highest BCUT2D eigenvalue weighted by Crippen LogP contribution is 2.46. The quantitative estimate of drug-likeness (QED) is 0.347. The van der Waals surface area contributed by atoms with Crippen LogP contribution in [-0.2, 0) is 11.3 Å². The molecule has 0 aliphatic carbocycles. The highest BCUT2D eigenvalue weighted by atomic mass is 35.5. The van der Waals surface area contributed by atoms with Crippen LogP contribution in [0.2, 0.25) is 5.02 Å². The summed E-state index contributed by atoms with van der Waals surface area (Å²) < 4.78 is 7.93. The molecule has 2 aromatic carbocycles. The zero-order chi connectivity index (χ0) is 25.9. The zero-order valence-corrected chi connectivity index (χ0v) is 22.8. The van der Waals surface area contributed by atoms with Crippen LogP contribution >= 0.6 is 11.6 Å². The van der Waals surface area contributed by atoms with Gasteiger partial charge >= 0.3 is 5.97 Å². The average molecular weight is 524 g/mol. The van der Waals surface area contributed by atoms with Gasteiger partial charge in [0.1, 0.15) is 0 Å². The number of carboxylic acids is 1. The van der Waals surface area contributed by atoms with Crippen molar-refractivity contribution in [2.45, 2.75) is 52.0 Å². The summed E-state index contributed by atoms with van der Waals surface area (Å²) >= 11 is 6.58. The van der Waals surface area contributed by atoms with Gasteiger partial charge in [-0.2, -0.15) is 0 Å². The van der Waals surface area contributed by atoms with Crippen LogP contribution in [0.25, 0.3) is 22.2 Å². The van der Waals surface area contributed by atoms with E-state index >= 15 is 0 Å². The number of hydrogen-bond donors (Lipinski definition) is 1. The van der Waals surface area contributed by atoms with Crippen molar-refractivity contribution in [1.82, 2.24) is 9.47 Å². The van der Waals surface area contributed by atoms with E-state index in [-0.39, 0.29) is 0 Å². The summed E-state index contributed by atoms with van der Waals surface area (Å²) in [5.74, 6) is -0.460. The van der Waals surface area contributed by atoms with Crippen molar-refractivity contribution in [2.24, 2.45) is 0 Å². The standard InChI is InChI=1S/C30H38ClN3O3/c1-3-5-21(6-4-2)28-24-9-7-22(30(35)36)19-27(24)34-14-13-33(12-11-32-15-17-37-18-16-32)26-20-23(31)8-10-25(26)29(28)34/h7-10,19-21H,3-6,11-18H2,1-2H3,(H,35,36). The van der Waals surface area contributed by atoms with Gasteiger partial charge < -0.3 is 19.3 Å². The molecule has 0 radical (unpaired) electrons. The highest BCUT2D eigenvalue weighted by molar-refractivity contribution is 6.31. The minimum absolute atomic E-state index is 0.339. The Balaban J connectivity index is 1.66. The first kappa shape index (κ1) is 26.1. The molecule has 0 atom stereocenters. The lowest BCUT2D eigenvalue weighted by Crippen LogP contribution is -2.42. The Morgan fingerprint density at radius 1 is 1.00 bits per heavy atom. The van der Waals surface area contributed by atoms with E-state index in [1.165, 1.54) is 27.9 Å². The fourth-order valence-corrected chi connectivity index (χ4v) is 6.37. The van der Waals surface area contributed by atoms with E-state index in [4.69, 9.17) is 16.3 Å². The average Bonchev–Trinajstić information content (AvgIpc) is 3.13. The van der Waals surface area contributed by atoms with E-state index < -0.39 is 5.97 Å². The number of aromatic carboxylic acids is 1. The largest absolute Gasteiger partial charge is 0.478 e. The van der Waals surface area contributed by atoms with Gasteiger partial charge in [0.2, 0.25) is 0 Å². The van der Waals surface area contributed by atoms with Crippen molar-refractivity contribution >= 4 is 34.2 Å². The van der Waals surface area contributed by atoms with Crippen molar-refractivity contribution in [3.63, 3.8) is 0 Å². The Kier molecular flexibility index (Phi) is 8.08. The second-order valence-electron chi connectivity index (χ2n) is 10.3. The summed E-state index contributed by atoms with van der Waals surface area (Å²) in [4.78, 5) is 16.8. The molecule has 2 aliphatic rings. The molecular weight excluding hydrogens is 486 g/mol. The van der Waals surface area contributed by atoms with Crippen LogP contribution < -0.4 is 4.90 Å². The number of morpholine rings is 1. The summed E-state index contributed by atoms with van der Waals surface area (Å²) in [6, 6.07) is 12.0. The SMILES string of the molecule is CCCC(CCC)c1c2n(c3cc(C(=O)O)ccc13)CCN(CCN1CCOCC1)c1cc(Cl)ccc1-2. The van der Waals surface area contributed by atoms with Crippen molar-refractivity contribution in [3.8, 4) is 11.3 Å². The van der Waals surface area contributed by atoms with Crippen LogP contribution in [0.1, 0.15) is 61.4 Å². The Morgan fingerprint density at radius 3 is 2.46 bits per heavy atom. The fourth-order valence-electron chi connectivity index (χ4n) is 6.20. The van der Waals surface area contributed by atoms with Crippen molar-refractivity contribution in [3.05, 3.63) is 52.5 Å². The van der Waals surface area contributed by atoms with Gasteiger partial charge in [-0.25, -0.2) is 4.79 Å². The van der Waals surface area contributed by atoms with Crippen LogP contribution in [0.5, 0.6) is 0 Å². The molecule has 1 fully saturated rings. The number of aromatic nitrogens is 1. The number of fused-ring (bicyclic) bond motifs is 5. The minimum Gasteiger partial charge on any atom is -0.478 e. The summed E-state index contributed by atoms with van der Waals surface area (Å²) in [6.07, 6.45) is 4.46. The maximum atomic E-state index is 11.9. The number of nitrogens with zero attached hydrogens (tertiary/aromatic N) is 3. The number of anilines is 1. The van der Waals surface area contributed by atoms with Crippen LogP contribution in [-0.4, -0.2) is 66.5 Å². The monoisotopic (exact) mass is 523 g/mol. The maximum absolute atomic E-state index is 11.9. The van der Waals surface area contributed by atoms with Gasteiger partial charge in [-0.05, 0) is 54.7 Å². The zero-order valence-electron chi connectivity index (χ0n) is 22.0. The lowest BCUT2D eigenvalue weighted by atomic mass is 9.86. The number of halogens is 1. The molecule has 1 aromatic heterocycles. The number of ether oxygens (including phenoxy) is 1. The number of rotatable bonds is 9. The summed E-state index contributed by atoms with van der Waals surface area (Å²) in [5.41, 5.74) is 6.35. The van der Waals surface area contributed by atoms with E-state index in [1.807, 2.05) is 18.2 Å². The molecular formula is C30H38ClN3O3. The molecule has 37 heavy (non-hydrogen) atoms. The molecule has 3 aromatic rings. The molecule has 0 amide bonds. The molecule has 0 spiro atoms. The van der Waals surface area contributed by atoms with Gasteiger partial charge in [0.15, 0.2) is 0 Å². The van der Waals surface area contributed by atoms with E-state index in [0.717, 1.165) is 88.7 Å². The van der Waals surface area contributed by atoms with Gasteiger partial charge in [-0.1, -0.05) is 44.4 Å². The first-order valence-corrected chi connectivity index (χ1v) is 14.1. The fraction of sp³-hybridized carbons (Fsp3) is 0.500. The molecule has 7 heteroatoms. The lowest BCUT2D eigenvalue weighted by Gasteiger charge is -2.31. The number of benzene rings is 2. The van der Waals surface area contributed by atoms with E-state index in [2.05, 4.69) is 40.3 Å². The normalized spacial score (nSPS) is 16.2. The second kappa shape index (κ2) is 11.5. The predicted octanol–water partition coefficient (Wildman–Crippen LogP) is 6.50. The summed E-state index contributed by atoms with van der Waals surface area (Å²) in [6.45, 7) is 11.6. The van der Waals surface area contributed by atoms with E-state index in [1.54, 1.807) is 6.07 Å². The third-order valence-electron chi connectivity index (χ3n) is 7.97. The maximum Gasteiger partial charge on any atom is 0.335 e. The van der Waals surface area contributed by atoms with E-state index in [9.17, 15) is 9.90 Å². The van der Waals surface area contributed by atoms with Crippen molar-refractivity contribution < 1.29 is 14.6 Å². The summed E-state index contributed by atoms with van der Waals surface area (Å²) in [7, 11) is 0. The van der Waals surface area contributed by atoms with Crippen molar-refractivity contribution in [1.29, 1.82) is 0 Å². The van der Waals surface area contributed by atoms with Crippen LogP contribution in [0.4, 0.5) is 5.69 Å². The molecule has 1 N–H and O–H groups in total. The Morgan fingerprint density at radius 2 is 1.76 bits per heavy atom. The molecule has 1 saturated heterocycles. The van der Waals surface area contributed by atoms with Crippen LogP contribution in [0.3, 0.4) is 0 Å². The Labute approximate surface area is 224 Å². The molecule has 3 heterocycles. The van der Waals surface area contributed by atoms with E-state index in [0.29, 0.717) is 11.5 Å². The van der Waals surface area contributed by atoms with Crippen molar-refractivity contribution in [2.75, 3.05) is 50.8 Å². The smallest absolute Gasteiger partial charge is 0.335 e. The predicted molar refractivity (Wildman–Crippen MR) is 151 cm³/mol. The Hall–Kier alpha value is -2.54. The lowest BCUT2D eigenvalue weighted by molar-refractivity contribution is 0.0391. The molecule has 6 nitrogen and oxygen atoms in total. The number of hydrogen-bond acceptors (Lipinski definition) is 4. The van der Waals surface area contributed by atoms with Gasteiger partial charge in [0.05, 0.1) is 24.5 Å². The first-order chi connectivity index (χ1) is 18.0. The third kappa shape index (κ3) is 5.25. The minimum atomic E-state index is -0.884. The van der Waals surface area contributed by atoms with Crippen LogP contribution in [0, 0.1) is 0 Å². The second-order valence-corrected chi connectivity index (χ2v) is 10.8. The molecule has 5 rings (SSSR count). The van der Waals surface area contributed by atoms with Gasteiger partial charge in [-0.3, -0.25) is 4.90 Å². The van der Waals surface area contributed by atoms with Gasteiger partial charge in [-0.15, -0.1) is 0 Å². The van der Waals surface area contributed by atoms with Gasteiger partial charge in [0.25, 0.3) is 0 Å². The molecule has 2 aliphatic heterocycles. The van der Waals surface area contributed by atoms with Crippen LogP contribution in [0.15, 0.2) is 36.4 Å². The van der Waals surface area contributed by atoms with Gasteiger partial charge in [0, 0.05) is 66.4 Å². The molecule has 0 saturated carbocycles. The summed E-state index contributed by atoms with van der Waals surface area (Å²) in [5, 5.41) is 11.7.